The van der Waals surface area contributed by atoms with Crippen LogP contribution in [0.1, 0.15) is 27.8 Å². The Balaban J connectivity index is 1.38. The van der Waals surface area contributed by atoms with Gasteiger partial charge in [-0.05, 0) is 55.5 Å². The molecule has 37 heavy (non-hydrogen) atoms. The first kappa shape index (κ1) is 26.4. The fraction of sp³-hybridized carbons (Fsp3) is 0.240. The number of carbonyl (C=O) groups excluding carboxylic acids is 3. The standard InChI is InChI=1S/C25H24BrN3O7S/c1-17(23(30)28-12-14-29(15-13-28)24(31)22-7-4-16-35-22)36-25(32)20-5-2-3-6-21(20)27-37(33,34)19-10-8-18(26)9-11-19/h2-11,16-17,27H,12-15H2,1H3/t17-/m1/s1. The second kappa shape index (κ2) is 11.2. The molecule has 1 atom stereocenters. The molecule has 1 fully saturated rings. The zero-order valence-electron chi connectivity index (χ0n) is 19.8. The number of esters is 1. The second-order valence-electron chi connectivity index (χ2n) is 8.25. The van der Waals surface area contributed by atoms with Crippen molar-refractivity contribution in [1.82, 2.24) is 9.80 Å². The number of amides is 2. The molecule has 2 heterocycles. The lowest BCUT2D eigenvalue weighted by Gasteiger charge is -2.35. The molecule has 0 spiro atoms. The molecule has 0 saturated carbocycles. The Bertz CT molecular complexity index is 1380. The minimum atomic E-state index is -3.97. The molecule has 1 aromatic heterocycles. The van der Waals surface area contributed by atoms with Gasteiger partial charge in [-0.2, -0.15) is 0 Å². The van der Waals surface area contributed by atoms with Gasteiger partial charge in [0.1, 0.15) is 0 Å². The van der Waals surface area contributed by atoms with Crippen LogP contribution in [0.15, 0.2) is 80.7 Å². The van der Waals surface area contributed by atoms with E-state index in [2.05, 4.69) is 20.7 Å². The topological polar surface area (TPSA) is 126 Å². The van der Waals surface area contributed by atoms with E-state index >= 15 is 0 Å². The lowest BCUT2D eigenvalue weighted by Crippen LogP contribution is -2.53. The quantitative estimate of drug-likeness (QED) is 0.418. The molecule has 2 aromatic carbocycles. The summed E-state index contributed by atoms with van der Waals surface area (Å²) in [6.45, 7) is 2.63. The fourth-order valence-corrected chi connectivity index (χ4v) is 5.13. The summed E-state index contributed by atoms with van der Waals surface area (Å²) < 4.78 is 39.3. The summed E-state index contributed by atoms with van der Waals surface area (Å²) >= 11 is 3.26. The van der Waals surface area contributed by atoms with Crippen LogP contribution in [0.5, 0.6) is 0 Å². The van der Waals surface area contributed by atoms with E-state index in [9.17, 15) is 22.8 Å². The SMILES string of the molecule is C[C@@H](OC(=O)c1ccccc1NS(=O)(=O)c1ccc(Br)cc1)C(=O)N1CCN(C(=O)c2ccco2)CC1. The van der Waals surface area contributed by atoms with Crippen LogP contribution in [0.4, 0.5) is 5.69 Å². The third kappa shape index (κ3) is 6.20. The van der Waals surface area contributed by atoms with Crippen LogP contribution in [0.25, 0.3) is 0 Å². The lowest BCUT2D eigenvalue weighted by molar-refractivity contribution is -0.141. The van der Waals surface area contributed by atoms with Crippen LogP contribution in [0.3, 0.4) is 0 Å². The molecule has 0 radical (unpaired) electrons. The number of halogens is 1. The van der Waals surface area contributed by atoms with E-state index in [1.165, 1.54) is 42.4 Å². The Morgan fingerprint density at radius 1 is 0.946 bits per heavy atom. The number of carbonyl (C=O) groups is 3. The monoisotopic (exact) mass is 589 g/mol. The molecule has 0 bridgehead atoms. The molecule has 2 amide bonds. The number of para-hydroxylation sites is 1. The Morgan fingerprint density at radius 2 is 1.59 bits per heavy atom. The van der Waals surface area contributed by atoms with Crippen molar-refractivity contribution in [3.8, 4) is 0 Å². The number of nitrogens with one attached hydrogen (secondary N) is 1. The van der Waals surface area contributed by atoms with Crippen molar-refractivity contribution in [3.63, 3.8) is 0 Å². The number of piperazine rings is 1. The van der Waals surface area contributed by atoms with Gasteiger partial charge in [0.15, 0.2) is 11.9 Å². The zero-order chi connectivity index (χ0) is 26.6. The maximum atomic E-state index is 12.9. The van der Waals surface area contributed by atoms with Crippen molar-refractivity contribution in [2.45, 2.75) is 17.9 Å². The number of anilines is 1. The predicted octanol–water partition coefficient (Wildman–Crippen LogP) is 3.37. The van der Waals surface area contributed by atoms with Gasteiger partial charge in [0.2, 0.25) is 0 Å². The van der Waals surface area contributed by atoms with Gasteiger partial charge in [-0.3, -0.25) is 14.3 Å². The summed E-state index contributed by atoms with van der Waals surface area (Å²) in [5, 5.41) is 0. The third-order valence-electron chi connectivity index (χ3n) is 5.76. The molecule has 194 valence electrons. The smallest absolute Gasteiger partial charge is 0.341 e. The Kier molecular flexibility index (Phi) is 7.98. The average Bonchev–Trinajstić information content (AvgIpc) is 3.43. The average molecular weight is 590 g/mol. The van der Waals surface area contributed by atoms with Crippen molar-refractivity contribution in [2.24, 2.45) is 0 Å². The summed E-state index contributed by atoms with van der Waals surface area (Å²) in [7, 11) is -3.97. The van der Waals surface area contributed by atoms with Crippen molar-refractivity contribution < 1.29 is 32.0 Å². The minimum Gasteiger partial charge on any atom is -0.459 e. The Morgan fingerprint density at radius 3 is 2.24 bits per heavy atom. The van der Waals surface area contributed by atoms with Crippen LogP contribution in [-0.2, 0) is 19.6 Å². The molecule has 0 unspecified atom stereocenters. The van der Waals surface area contributed by atoms with E-state index in [0.29, 0.717) is 13.1 Å². The van der Waals surface area contributed by atoms with E-state index in [0.717, 1.165) is 4.47 Å². The van der Waals surface area contributed by atoms with Gasteiger partial charge in [0.05, 0.1) is 22.4 Å². The molecule has 1 N–H and O–H groups in total. The number of furan rings is 1. The molecule has 1 saturated heterocycles. The third-order valence-corrected chi connectivity index (χ3v) is 7.67. The number of benzene rings is 2. The molecule has 3 aromatic rings. The number of sulfonamides is 1. The highest BCUT2D eigenvalue weighted by atomic mass is 79.9. The largest absolute Gasteiger partial charge is 0.459 e. The van der Waals surface area contributed by atoms with Crippen molar-refractivity contribution in [1.29, 1.82) is 0 Å². The van der Waals surface area contributed by atoms with Crippen LogP contribution in [0, 0.1) is 0 Å². The first-order valence-electron chi connectivity index (χ1n) is 11.4. The number of rotatable bonds is 7. The van der Waals surface area contributed by atoms with E-state index < -0.39 is 28.0 Å². The molecule has 12 heteroatoms. The summed E-state index contributed by atoms with van der Waals surface area (Å²) in [6.07, 6.45) is 0.309. The van der Waals surface area contributed by atoms with E-state index in [1.54, 1.807) is 41.3 Å². The van der Waals surface area contributed by atoms with Gasteiger partial charge in [0, 0.05) is 30.7 Å². The highest BCUT2D eigenvalue weighted by Gasteiger charge is 2.30. The summed E-state index contributed by atoms with van der Waals surface area (Å²) in [6, 6.07) is 15.2. The van der Waals surface area contributed by atoms with Crippen LogP contribution in [-0.4, -0.2) is 68.3 Å². The molecular formula is C25H24BrN3O7S. The normalized spacial score (nSPS) is 14.6. The van der Waals surface area contributed by atoms with Crippen LogP contribution in [0.2, 0.25) is 0 Å². The fourth-order valence-electron chi connectivity index (χ4n) is 3.79. The van der Waals surface area contributed by atoms with Gasteiger partial charge in [-0.25, -0.2) is 13.2 Å². The molecule has 1 aliphatic heterocycles. The molecular weight excluding hydrogens is 566 g/mol. The van der Waals surface area contributed by atoms with Gasteiger partial charge in [-0.1, -0.05) is 28.1 Å². The summed E-state index contributed by atoms with van der Waals surface area (Å²) in [5.74, 6) is -1.27. The Hall–Kier alpha value is -3.64. The number of hydrogen-bond donors (Lipinski definition) is 1. The summed E-state index contributed by atoms with van der Waals surface area (Å²) in [4.78, 5) is 41.4. The number of hydrogen-bond acceptors (Lipinski definition) is 7. The van der Waals surface area contributed by atoms with E-state index in [4.69, 9.17) is 9.15 Å². The van der Waals surface area contributed by atoms with Gasteiger partial charge < -0.3 is 19.0 Å². The Labute approximate surface area is 222 Å². The van der Waals surface area contributed by atoms with E-state index in [-0.39, 0.29) is 40.9 Å². The maximum Gasteiger partial charge on any atom is 0.341 e. The van der Waals surface area contributed by atoms with Gasteiger partial charge >= 0.3 is 5.97 Å². The molecule has 4 rings (SSSR count). The van der Waals surface area contributed by atoms with Crippen molar-refractivity contribution >= 4 is 49.4 Å². The van der Waals surface area contributed by atoms with Gasteiger partial charge in [0.25, 0.3) is 21.8 Å². The predicted molar refractivity (Wildman–Crippen MR) is 137 cm³/mol. The zero-order valence-corrected chi connectivity index (χ0v) is 22.2. The van der Waals surface area contributed by atoms with Crippen LogP contribution >= 0.6 is 15.9 Å². The molecule has 0 aliphatic carbocycles. The van der Waals surface area contributed by atoms with Crippen molar-refractivity contribution in [3.05, 3.63) is 82.7 Å². The van der Waals surface area contributed by atoms with Gasteiger partial charge in [-0.15, -0.1) is 0 Å². The van der Waals surface area contributed by atoms with E-state index in [1.807, 2.05) is 0 Å². The highest BCUT2D eigenvalue weighted by molar-refractivity contribution is 9.10. The minimum absolute atomic E-state index is 0.0205. The number of nitrogens with zero attached hydrogens (tertiary/aromatic N) is 2. The maximum absolute atomic E-state index is 12.9. The van der Waals surface area contributed by atoms with Crippen molar-refractivity contribution in [2.75, 3.05) is 30.9 Å². The highest BCUT2D eigenvalue weighted by Crippen LogP contribution is 2.23. The molecule has 1 aliphatic rings. The lowest BCUT2D eigenvalue weighted by atomic mass is 10.2. The van der Waals surface area contributed by atoms with Crippen LogP contribution < -0.4 is 4.72 Å². The summed E-state index contributed by atoms with van der Waals surface area (Å²) in [5.41, 5.74) is -0.00294. The first-order valence-corrected chi connectivity index (χ1v) is 13.6. The second-order valence-corrected chi connectivity index (χ2v) is 10.8. The number of ether oxygens (including phenoxy) is 1. The molecule has 10 nitrogen and oxygen atoms in total. The first-order chi connectivity index (χ1) is 17.7.